The molecule has 0 aliphatic heterocycles. The van der Waals surface area contributed by atoms with E-state index in [4.69, 9.17) is 19.8 Å². The number of ether oxygens (including phenoxy) is 1. The molecular formula is C12H9N2O4PS. The summed E-state index contributed by atoms with van der Waals surface area (Å²) < 4.78 is 16.2. The van der Waals surface area contributed by atoms with Gasteiger partial charge in [0.15, 0.2) is 6.35 Å². The number of rotatable bonds is 3. The summed E-state index contributed by atoms with van der Waals surface area (Å²) in [5.41, 5.74) is 4.47. The van der Waals surface area contributed by atoms with Crippen LogP contribution in [0.15, 0.2) is 17.6 Å². The monoisotopic (exact) mass is 308 g/mol. The lowest BCUT2D eigenvalue weighted by molar-refractivity contribution is 0.301. The van der Waals surface area contributed by atoms with E-state index < -0.39 is 13.9 Å². The van der Waals surface area contributed by atoms with E-state index in [1.54, 1.807) is 17.6 Å². The van der Waals surface area contributed by atoms with Crippen LogP contribution in [0.1, 0.15) is 16.0 Å². The second-order valence-corrected chi connectivity index (χ2v) is 6.84. The van der Waals surface area contributed by atoms with Crippen molar-refractivity contribution in [2.24, 2.45) is 0 Å². The van der Waals surface area contributed by atoms with Crippen LogP contribution < -0.4 is 4.74 Å². The molecule has 1 aromatic heterocycles. The number of hydrogen-bond donors (Lipinski definition) is 2. The van der Waals surface area contributed by atoms with Gasteiger partial charge >= 0.3 is 7.60 Å². The molecule has 0 bridgehead atoms. The van der Waals surface area contributed by atoms with Gasteiger partial charge in [0.2, 0.25) is 0 Å². The van der Waals surface area contributed by atoms with E-state index in [9.17, 15) is 4.57 Å². The molecule has 0 amide bonds. The molecule has 0 saturated carbocycles. The van der Waals surface area contributed by atoms with E-state index in [0.717, 1.165) is 16.1 Å². The van der Waals surface area contributed by atoms with Gasteiger partial charge in [0, 0.05) is 16.9 Å². The molecule has 2 aromatic rings. The third-order valence-electron chi connectivity index (χ3n) is 3.00. The molecule has 0 atom stereocenters. The second kappa shape index (κ2) is 4.69. The lowest BCUT2D eigenvalue weighted by atomic mass is 10.0. The number of nitrogens with zero attached hydrogens (tertiary/aromatic N) is 2. The normalized spacial score (nSPS) is 12.7. The van der Waals surface area contributed by atoms with Crippen molar-refractivity contribution in [3.05, 3.63) is 33.6 Å². The Balaban J connectivity index is 2.08. The molecule has 6 nitrogen and oxygen atoms in total. The topological polar surface area (TPSA) is 103 Å². The van der Waals surface area contributed by atoms with Crippen LogP contribution >= 0.6 is 18.9 Å². The molecule has 2 N–H and O–H groups in total. The molecule has 0 saturated heterocycles. The Bertz CT molecular complexity index is 774. The molecule has 8 heteroatoms. The number of fused-ring (bicyclic) bond motifs is 3. The summed E-state index contributed by atoms with van der Waals surface area (Å²) in [5.74, 6) is 0.354. The Kier molecular flexibility index (Phi) is 3.11. The summed E-state index contributed by atoms with van der Waals surface area (Å²) in [5, 5.41) is 9.14. The number of aromatic nitrogens is 1. The quantitative estimate of drug-likeness (QED) is 0.718. The van der Waals surface area contributed by atoms with Crippen LogP contribution in [-0.4, -0.2) is 21.1 Å². The maximum atomic E-state index is 10.9. The minimum Gasteiger partial charge on any atom is -0.480 e. The van der Waals surface area contributed by atoms with E-state index in [-0.39, 0.29) is 0 Å². The molecule has 1 heterocycles. The van der Waals surface area contributed by atoms with Crippen molar-refractivity contribution in [3.8, 4) is 23.1 Å². The number of benzene rings is 1. The van der Waals surface area contributed by atoms with E-state index in [0.29, 0.717) is 23.3 Å². The molecular weight excluding hydrogens is 299 g/mol. The summed E-state index contributed by atoms with van der Waals surface area (Å²) in [6, 6.07) is 5.28. The van der Waals surface area contributed by atoms with Gasteiger partial charge in [-0.15, -0.1) is 11.3 Å². The highest BCUT2D eigenvalue weighted by Crippen LogP contribution is 2.46. The van der Waals surface area contributed by atoms with Gasteiger partial charge < -0.3 is 14.5 Å². The average Bonchev–Trinajstić information content (AvgIpc) is 2.95. The van der Waals surface area contributed by atoms with E-state index in [1.165, 1.54) is 11.3 Å². The molecule has 0 unspecified atom stereocenters. The lowest BCUT2D eigenvalue weighted by Crippen LogP contribution is -2.01. The molecule has 3 rings (SSSR count). The average molecular weight is 308 g/mol. The zero-order valence-corrected chi connectivity index (χ0v) is 11.8. The van der Waals surface area contributed by atoms with Gasteiger partial charge in [0.1, 0.15) is 5.75 Å². The number of thiazole rings is 1. The number of hydrogen-bond acceptors (Lipinski definition) is 5. The van der Waals surface area contributed by atoms with Crippen molar-refractivity contribution in [2.75, 3.05) is 6.35 Å². The minimum atomic E-state index is -4.25. The van der Waals surface area contributed by atoms with E-state index in [1.807, 2.05) is 0 Å². The van der Waals surface area contributed by atoms with Crippen LogP contribution in [0.5, 0.6) is 5.75 Å². The Morgan fingerprint density at radius 3 is 3.00 bits per heavy atom. The summed E-state index contributed by atoms with van der Waals surface area (Å²) in [7, 11) is -4.25. The first-order valence-electron chi connectivity index (χ1n) is 5.65. The zero-order chi connectivity index (χ0) is 14.3. The maximum absolute atomic E-state index is 10.9. The van der Waals surface area contributed by atoms with Gasteiger partial charge in [-0.1, -0.05) is 0 Å². The van der Waals surface area contributed by atoms with Crippen LogP contribution in [0.25, 0.3) is 11.3 Å². The summed E-state index contributed by atoms with van der Waals surface area (Å²) in [4.78, 5) is 23.1. The Labute approximate surface area is 118 Å². The van der Waals surface area contributed by atoms with Gasteiger partial charge in [-0.05, 0) is 17.7 Å². The van der Waals surface area contributed by atoms with Crippen molar-refractivity contribution in [1.82, 2.24) is 4.98 Å². The Morgan fingerprint density at radius 2 is 2.30 bits per heavy atom. The zero-order valence-electron chi connectivity index (χ0n) is 10.1. The molecule has 0 radical (unpaired) electrons. The first-order chi connectivity index (χ1) is 9.49. The molecule has 20 heavy (non-hydrogen) atoms. The van der Waals surface area contributed by atoms with Crippen LogP contribution in [0.3, 0.4) is 0 Å². The first kappa shape index (κ1) is 13.3. The van der Waals surface area contributed by atoms with E-state index >= 15 is 0 Å². The predicted octanol–water partition coefficient (Wildman–Crippen LogP) is 2.10. The van der Waals surface area contributed by atoms with Gasteiger partial charge in [0.25, 0.3) is 0 Å². The predicted molar refractivity (Wildman–Crippen MR) is 72.6 cm³/mol. The molecule has 1 aliphatic carbocycles. The van der Waals surface area contributed by atoms with Crippen LogP contribution in [0.2, 0.25) is 0 Å². The Hall–Kier alpha value is -1.71. The van der Waals surface area contributed by atoms with Crippen molar-refractivity contribution >= 4 is 18.9 Å². The fraction of sp³-hybridized carbons (Fsp3) is 0.167. The largest absolute Gasteiger partial charge is 0.480 e. The Morgan fingerprint density at radius 1 is 1.50 bits per heavy atom. The molecule has 1 aliphatic rings. The highest BCUT2D eigenvalue weighted by molar-refractivity contribution is 7.51. The number of nitriles is 1. The first-order valence-corrected chi connectivity index (χ1v) is 8.33. The fourth-order valence-electron chi connectivity index (χ4n) is 2.21. The molecule has 102 valence electrons. The maximum Gasteiger partial charge on any atom is 0.362 e. The van der Waals surface area contributed by atoms with Gasteiger partial charge in [0.05, 0.1) is 22.8 Å². The SMILES string of the molecule is N#Cc1ccc(OCP(=O)(O)O)c2c1Cc1scnc1-2. The fourth-order valence-corrected chi connectivity index (χ4v) is 3.30. The van der Waals surface area contributed by atoms with Crippen molar-refractivity contribution < 1.29 is 19.1 Å². The third-order valence-corrected chi connectivity index (χ3v) is 4.30. The van der Waals surface area contributed by atoms with Crippen LogP contribution in [0, 0.1) is 11.3 Å². The van der Waals surface area contributed by atoms with Gasteiger partial charge in [-0.3, -0.25) is 4.57 Å². The third kappa shape index (κ3) is 2.23. The summed E-state index contributed by atoms with van der Waals surface area (Å²) in [6.45, 7) is 0. The van der Waals surface area contributed by atoms with Crippen LogP contribution in [-0.2, 0) is 11.0 Å². The minimum absolute atomic E-state index is 0.354. The molecule has 1 aromatic carbocycles. The van der Waals surface area contributed by atoms with Crippen molar-refractivity contribution in [3.63, 3.8) is 0 Å². The van der Waals surface area contributed by atoms with Gasteiger partial charge in [-0.25, -0.2) is 4.98 Å². The van der Waals surface area contributed by atoms with Crippen LogP contribution in [0.4, 0.5) is 0 Å². The standard InChI is InChI=1S/C12H9N2O4PS/c13-4-7-1-2-9(18-6-19(15,16)17)11-8(7)3-10-12(11)14-5-20-10/h1-2,5H,3,6H2,(H2,15,16,17). The highest BCUT2D eigenvalue weighted by atomic mass is 32.1. The second-order valence-electron chi connectivity index (χ2n) is 4.32. The van der Waals surface area contributed by atoms with E-state index in [2.05, 4.69) is 11.1 Å². The lowest BCUT2D eigenvalue weighted by Gasteiger charge is -2.12. The highest BCUT2D eigenvalue weighted by Gasteiger charge is 2.28. The van der Waals surface area contributed by atoms with Gasteiger partial charge in [-0.2, -0.15) is 5.26 Å². The van der Waals surface area contributed by atoms with Crippen molar-refractivity contribution in [2.45, 2.75) is 6.42 Å². The smallest absolute Gasteiger partial charge is 0.362 e. The van der Waals surface area contributed by atoms with Crippen molar-refractivity contribution in [1.29, 1.82) is 5.26 Å². The summed E-state index contributed by atoms with van der Waals surface area (Å²) in [6.07, 6.45) is -0.0872. The summed E-state index contributed by atoms with van der Waals surface area (Å²) >= 11 is 1.49. The molecule has 0 spiro atoms. The molecule has 0 fully saturated rings.